The molecule has 0 radical (unpaired) electrons. The molecule has 0 aliphatic heterocycles. The van der Waals surface area contributed by atoms with Crippen LogP contribution in [0.1, 0.15) is 5.56 Å². The van der Waals surface area contributed by atoms with Crippen LogP contribution in [0.3, 0.4) is 0 Å². The van der Waals surface area contributed by atoms with Crippen LogP contribution in [0.5, 0.6) is 0 Å². The number of aryl methyl sites for hydroxylation is 1. The summed E-state index contributed by atoms with van der Waals surface area (Å²) in [5, 5.41) is 0. The first-order valence-corrected chi connectivity index (χ1v) is 4.74. The van der Waals surface area contributed by atoms with Gasteiger partial charge in [-0.25, -0.2) is 8.78 Å². The molecule has 82 valence electrons. The maximum atomic E-state index is 13.1. The van der Waals surface area contributed by atoms with Crippen molar-refractivity contribution in [2.24, 2.45) is 0 Å². The highest BCUT2D eigenvalue weighted by atomic mass is 19.1. The normalized spacial score (nSPS) is 10.4. The quantitative estimate of drug-likeness (QED) is 0.750. The van der Waals surface area contributed by atoms with Gasteiger partial charge in [-0.1, -0.05) is 0 Å². The Labute approximate surface area is 91.7 Å². The largest absolute Gasteiger partial charge is 0.396 e. The first-order valence-electron chi connectivity index (χ1n) is 4.74. The van der Waals surface area contributed by atoms with Crippen molar-refractivity contribution < 1.29 is 8.78 Å². The summed E-state index contributed by atoms with van der Waals surface area (Å²) >= 11 is 0. The minimum atomic E-state index is -0.467. The molecule has 16 heavy (non-hydrogen) atoms. The van der Waals surface area contributed by atoms with E-state index in [-0.39, 0.29) is 5.69 Å². The van der Waals surface area contributed by atoms with Gasteiger partial charge in [-0.05, 0) is 36.2 Å². The minimum absolute atomic E-state index is 0.0462. The first-order chi connectivity index (χ1) is 7.58. The zero-order valence-electron chi connectivity index (χ0n) is 8.67. The summed E-state index contributed by atoms with van der Waals surface area (Å²) in [5.74, 6) is -0.898. The average Bonchev–Trinajstić information content (AvgIpc) is 2.23. The fourth-order valence-electron chi connectivity index (χ4n) is 1.56. The van der Waals surface area contributed by atoms with Crippen molar-refractivity contribution >= 4 is 5.69 Å². The number of nitrogen functional groups attached to an aromatic ring is 1. The lowest BCUT2D eigenvalue weighted by atomic mass is 10.0. The predicted octanol–water partition coefficient (Wildman–Crippen LogP) is 2.92. The summed E-state index contributed by atoms with van der Waals surface area (Å²) in [4.78, 5) is 3.74. The van der Waals surface area contributed by atoms with Crippen LogP contribution in [0.15, 0.2) is 30.6 Å². The van der Waals surface area contributed by atoms with E-state index in [0.29, 0.717) is 16.7 Å². The van der Waals surface area contributed by atoms with Crippen LogP contribution in [0.4, 0.5) is 14.5 Å². The molecule has 1 aromatic carbocycles. The number of hydrogen-bond donors (Lipinski definition) is 1. The third-order valence-corrected chi connectivity index (χ3v) is 2.36. The molecule has 0 aliphatic carbocycles. The highest BCUT2D eigenvalue weighted by molar-refractivity contribution is 5.70. The maximum absolute atomic E-state index is 13.1. The van der Waals surface area contributed by atoms with Crippen LogP contribution in [0, 0.1) is 18.6 Å². The first kappa shape index (κ1) is 10.5. The summed E-state index contributed by atoms with van der Waals surface area (Å²) in [7, 11) is 0. The van der Waals surface area contributed by atoms with E-state index in [0.717, 1.165) is 6.20 Å². The van der Waals surface area contributed by atoms with Crippen molar-refractivity contribution in [3.05, 3.63) is 47.8 Å². The van der Waals surface area contributed by atoms with E-state index >= 15 is 0 Å². The van der Waals surface area contributed by atoms with Gasteiger partial charge in [-0.2, -0.15) is 0 Å². The van der Waals surface area contributed by atoms with Crippen LogP contribution >= 0.6 is 0 Å². The molecule has 2 N–H and O–H groups in total. The Balaban J connectivity index is 2.60. The molecule has 4 heteroatoms. The lowest BCUT2D eigenvalue weighted by molar-refractivity contribution is 0.622. The summed E-state index contributed by atoms with van der Waals surface area (Å²) in [6.45, 7) is 1.74. The standard InChI is InChI=1S/C12H10F2N2/c1-7-2-11(14)12(15)4-10(7)8-3-9(13)6-16-5-8/h2-6H,15H2,1H3. The second-order valence-corrected chi connectivity index (χ2v) is 3.58. The Morgan fingerprint density at radius 1 is 1.12 bits per heavy atom. The molecule has 0 saturated heterocycles. The van der Waals surface area contributed by atoms with Crippen LogP contribution in [-0.4, -0.2) is 4.98 Å². The van der Waals surface area contributed by atoms with Crippen LogP contribution in [0.25, 0.3) is 11.1 Å². The molecule has 2 aromatic rings. The predicted molar refractivity (Wildman–Crippen MR) is 58.7 cm³/mol. The van der Waals surface area contributed by atoms with E-state index < -0.39 is 11.6 Å². The van der Waals surface area contributed by atoms with Crippen molar-refractivity contribution in [1.29, 1.82) is 0 Å². The van der Waals surface area contributed by atoms with Crippen molar-refractivity contribution in [2.45, 2.75) is 6.92 Å². The van der Waals surface area contributed by atoms with E-state index in [1.165, 1.54) is 24.4 Å². The van der Waals surface area contributed by atoms with Crippen molar-refractivity contribution in [3.63, 3.8) is 0 Å². The van der Waals surface area contributed by atoms with Crippen LogP contribution in [-0.2, 0) is 0 Å². The Bertz CT molecular complexity index is 539. The molecule has 0 bridgehead atoms. The number of benzene rings is 1. The number of anilines is 1. The van der Waals surface area contributed by atoms with E-state index in [9.17, 15) is 8.78 Å². The lowest BCUT2D eigenvalue weighted by Gasteiger charge is -2.07. The highest BCUT2D eigenvalue weighted by Gasteiger charge is 2.07. The number of hydrogen-bond acceptors (Lipinski definition) is 2. The number of nitrogens with two attached hydrogens (primary N) is 1. The van der Waals surface area contributed by atoms with Gasteiger partial charge in [-0.15, -0.1) is 0 Å². The molecule has 1 aromatic heterocycles. The lowest BCUT2D eigenvalue weighted by Crippen LogP contribution is -1.94. The van der Waals surface area contributed by atoms with Gasteiger partial charge in [0.25, 0.3) is 0 Å². The minimum Gasteiger partial charge on any atom is -0.396 e. The number of halogens is 2. The van der Waals surface area contributed by atoms with E-state index in [4.69, 9.17) is 5.73 Å². The zero-order valence-corrected chi connectivity index (χ0v) is 8.67. The van der Waals surface area contributed by atoms with Gasteiger partial charge in [0.2, 0.25) is 0 Å². The number of pyridine rings is 1. The number of aromatic nitrogens is 1. The van der Waals surface area contributed by atoms with Crippen LogP contribution in [0.2, 0.25) is 0 Å². The molecule has 0 spiro atoms. The molecule has 0 aliphatic rings. The van der Waals surface area contributed by atoms with Gasteiger partial charge in [0.15, 0.2) is 0 Å². The molecule has 2 nitrogen and oxygen atoms in total. The third-order valence-electron chi connectivity index (χ3n) is 2.36. The fourth-order valence-corrected chi connectivity index (χ4v) is 1.56. The van der Waals surface area contributed by atoms with E-state index in [1.54, 1.807) is 6.92 Å². The molecule has 2 rings (SSSR count). The zero-order chi connectivity index (χ0) is 11.7. The third kappa shape index (κ3) is 1.86. The summed E-state index contributed by atoms with van der Waals surface area (Å²) < 4.78 is 26.1. The molecular formula is C12H10F2N2. The van der Waals surface area contributed by atoms with Gasteiger partial charge in [0.1, 0.15) is 11.6 Å². The average molecular weight is 220 g/mol. The monoisotopic (exact) mass is 220 g/mol. The molecule has 0 unspecified atom stereocenters. The summed E-state index contributed by atoms with van der Waals surface area (Å²) in [6.07, 6.45) is 2.63. The Morgan fingerprint density at radius 3 is 2.56 bits per heavy atom. The van der Waals surface area contributed by atoms with E-state index in [2.05, 4.69) is 4.98 Å². The van der Waals surface area contributed by atoms with E-state index in [1.807, 2.05) is 0 Å². The van der Waals surface area contributed by atoms with Gasteiger partial charge < -0.3 is 5.73 Å². The Morgan fingerprint density at radius 2 is 1.88 bits per heavy atom. The molecular weight excluding hydrogens is 210 g/mol. The molecule has 0 saturated carbocycles. The highest BCUT2D eigenvalue weighted by Crippen LogP contribution is 2.27. The van der Waals surface area contributed by atoms with Gasteiger partial charge in [0, 0.05) is 11.8 Å². The van der Waals surface area contributed by atoms with Gasteiger partial charge >= 0.3 is 0 Å². The maximum Gasteiger partial charge on any atom is 0.146 e. The Kier molecular flexibility index (Phi) is 2.56. The number of rotatable bonds is 1. The molecule has 0 amide bonds. The topological polar surface area (TPSA) is 38.9 Å². The molecule has 1 heterocycles. The van der Waals surface area contributed by atoms with Crippen molar-refractivity contribution in [1.82, 2.24) is 4.98 Å². The fraction of sp³-hybridized carbons (Fsp3) is 0.0833. The summed E-state index contributed by atoms with van der Waals surface area (Å²) in [5.41, 5.74) is 7.49. The second-order valence-electron chi connectivity index (χ2n) is 3.58. The smallest absolute Gasteiger partial charge is 0.146 e. The Hall–Kier alpha value is -1.97. The summed E-state index contributed by atoms with van der Waals surface area (Å²) in [6, 6.07) is 4.16. The van der Waals surface area contributed by atoms with Crippen LogP contribution < -0.4 is 5.73 Å². The van der Waals surface area contributed by atoms with Crippen molar-refractivity contribution in [2.75, 3.05) is 5.73 Å². The molecule has 0 fully saturated rings. The second kappa shape index (κ2) is 3.89. The van der Waals surface area contributed by atoms with Crippen molar-refractivity contribution in [3.8, 4) is 11.1 Å². The van der Waals surface area contributed by atoms with Gasteiger partial charge in [0.05, 0.1) is 11.9 Å². The molecule has 0 atom stereocenters. The van der Waals surface area contributed by atoms with Gasteiger partial charge in [-0.3, -0.25) is 4.98 Å². The number of nitrogens with zero attached hydrogens (tertiary/aromatic N) is 1. The SMILES string of the molecule is Cc1cc(F)c(N)cc1-c1cncc(F)c1.